The van der Waals surface area contributed by atoms with Crippen LogP contribution in [-0.2, 0) is 9.59 Å². The molecule has 0 spiro atoms. The van der Waals surface area contributed by atoms with Crippen molar-refractivity contribution in [1.29, 1.82) is 0 Å². The molecule has 0 aliphatic heterocycles. The molecule has 0 saturated carbocycles. The molecule has 0 aromatic heterocycles. The molecule has 1 unspecified atom stereocenters. The van der Waals surface area contributed by atoms with Gasteiger partial charge in [0.05, 0.1) is 6.04 Å². The fraction of sp³-hybridized carbons (Fsp3) is 0.778. The molecule has 0 saturated heterocycles. The Bertz CT molecular complexity index is 197. The molecule has 82 valence electrons. The number of hydrogen-bond donors (Lipinski definition) is 2. The van der Waals surface area contributed by atoms with Crippen LogP contribution in [0.3, 0.4) is 0 Å². The smallest absolute Gasteiger partial charge is 0.216 e. The summed E-state index contributed by atoms with van der Waals surface area (Å²) in [6.45, 7) is 3.77. The van der Waals surface area contributed by atoms with Crippen LogP contribution >= 0.6 is 9.39 Å². The number of rotatable bonds is 7. The van der Waals surface area contributed by atoms with Gasteiger partial charge in [-0.1, -0.05) is 9.39 Å². The molecule has 0 fully saturated rings. The van der Waals surface area contributed by atoms with Gasteiger partial charge in [0.15, 0.2) is 0 Å². The summed E-state index contributed by atoms with van der Waals surface area (Å²) < 4.78 is 0. The molecule has 4 nitrogen and oxygen atoms in total. The van der Waals surface area contributed by atoms with Crippen LogP contribution in [0.15, 0.2) is 0 Å². The second-order valence-electron chi connectivity index (χ2n) is 3.31. The minimum atomic E-state index is -0.0719. The van der Waals surface area contributed by atoms with Gasteiger partial charge in [-0.15, -0.1) is 0 Å². The quantitative estimate of drug-likeness (QED) is 0.486. The Morgan fingerprint density at radius 1 is 1.29 bits per heavy atom. The van der Waals surface area contributed by atoms with E-state index in [0.717, 1.165) is 19.3 Å². The number of carbonyl (C=O) groups excluding carboxylic acids is 2. The molecule has 0 aromatic carbocycles. The van der Waals surface area contributed by atoms with Crippen LogP contribution in [0.5, 0.6) is 0 Å². The zero-order chi connectivity index (χ0) is 11.0. The lowest BCUT2D eigenvalue weighted by Gasteiger charge is -2.11. The van der Waals surface area contributed by atoms with E-state index < -0.39 is 0 Å². The minimum absolute atomic E-state index is 0.00251. The van der Waals surface area contributed by atoms with Crippen molar-refractivity contribution in [2.45, 2.75) is 39.2 Å². The summed E-state index contributed by atoms with van der Waals surface area (Å²) in [6.07, 6.45) is 2.67. The highest BCUT2D eigenvalue weighted by Crippen LogP contribution is 2.02. The first kappa shape index (κ1) is 13.5. The summed E-state index contributed by atoms with van der Waals surface area (Å²) in [4.78, 5) is 21.5. The first-order chi connectivity index (χ1) is 6.57. The number of amides is 1. The van der Waals surface area contributed by atoms with Crippen LogP contribution < -0.4 is 10.4 Å². The maximum absolute atomic E-state index is 11.0. The molecule has 1 amide bonds. The average Bonchev–Trinajstić information content (AvgIpc) is 2.10. The van der Waals surface area contributed by atoms with E-state index in [1.165, 1.54) is 6.92 Å². The molecule has 0 heterocycles. The Balaban J connectivity index is 3.42. The number of ketones is 1. The Labute approximate surface area is 87.5 Å². The van der Waals surface area contributed by atoms with E-state index in [4.69, 9.17) is 0 Å². The Morgan fingerprint density at radius 3 is 2.36 bits per heavy atom. The number of nitrogens with one attached hydrogen (secondary N) is 2. The maximum atomic E-state index is 11.0. The van der Waals surface area contributed by atoms with Gasteiger partial charge in [-0.3, -0.25) is 14.7 Å². The number of hydrogen-bond acceptors (Lipinski definition) is 3. The van der Waals surface area contributed by atoms with Gasteiger partial charge < -0.3 is 5.32 Å². The van der Waals surface area contributed by atoms with Gasteiger partial charge in [-0.25, -0.2) is 0 Å². The van der Waals surface area contributed by atoms with E-state index in [-0.39, 0.29) is 17.7 Å². The molecule has 14 heavy (non-hydrogen) atoms. The molecule has 5 heteroatoms. The highest BCUT2D eigenvalue weighted by Gasteiger charge is 2.09. The van der Waals surface area contributed by atoms with Gasteiger partial charge in [0.1, 0.15) is 5.78 Å². The van der Waals surface area contributed by atoms with Gasteiger partial charge in [0.2, 0.25) is 5.91 Å². The minimum Gasteiger partial charge on any atom is -0.356 e. The van der Waals surface area contributed by atoms with Gasteiger partial charge in [0, 0.05) is 13.5 Å². The lowest BCUT2D eigenvalue weighted by Crippen LogP contribution is -2.28. The number of unbranched alkanes of at least 4 members (excludes halogenated alkanes) is 1. The summed E-state index contributed by atoms with van der Waals surface area (Å²) in [6, 6.07) is -0.0719. The molecule has 0 radical (unpaired) electrons. The zero-order valence-electron chi connectivity index (χ0n) is 8.80. The maximum Gasteiger partial charge on any atom is 0.216 e. The van der Waals surface area contributed by atoms with Crippen molar-refractivity contribution in [2.75, 3.05) is 6.54 Å². The predicted molar refractivity (Wildman–Crippen MR) is 59.8 cm³/mol. The molecule has 2 atom stereocenters. The molecular weight excluding hydrogens is 199 g/mol. The Morgan fingerprint density at radius 2 is 1.93 bits per heavy atom. The lowest BCUT2D eigenvalue weighted by molar-refractivity contribution is -0.119. The van der Waals surface area contributed by atoms with Crippen LogP contribution in [-0.4, -0.2) is 24.3 Å². The highest BCUT2D eigenvalue weighted by molar-refractivity contribution is 7.13. The van der Waals surface area contributed by atoms with E-state index in [9.17, 15) is 9.59 Å². The molecule has 0 aromatic rings. The molecule has 0 aliphatic rings. The van der Waals surface area contributed by atoms with E-state index >= 15 is 0 Å². The summed E-state index contributed by atoms with van der Waals surface area (Å²) >= 11 is 0. The molecule has 2 N–H and O–H groups in total. The van der Waals surface area contributed by atoms with Gasteiger partial charge in [-0.2, -0.15) is 0 Å². The summed E-state index contributed by atoms with van der Waals surface area (Å²) in [7, 11) is 2.36. The van der Waals surface area contributed by atoms with Crippen molar-refractivity contribution in [1.82, 2.24) is 10.4 Å². The van der Waals surface area contributed by atoms with Gasteiger partial charge in [-0.05, 0) is 26.2 Å². The van der Waals surface area contributed by atoms with Crippen molar-refractivity contribution in [3.8, 4) is 0 Å². The van der Waals surface area contributed by atoms with Crippen LogP contribution in [0.25, 0.3) is 0 Å². The van der Waals surface area contributed by atoms with Crippen molar-refractivity contribution < 1.29 is 9.59 Å². The normalized spacial score (nSPS) is 12.2. The van der Waals surface area contributed by atoms with Crippen molar-refractivity contribution in [2.24, 2.45) is 0 Å². The largest absolute Gasteiger partial charge is 0.356 e. The SMILES string of the molecule is CC(=O)NCCCC[C@H](NP)C(C)=O. The molecular formula is C9H19N2O2P. The second-order valence-corrected chi connectivity index (χ2v) is 3.64. The summed E-state index contributed by atoms with van der Waals surface area (Å²) in [5.74, 6) is 0.150. The third-order valence-corrected chi connectivity index (χ3v) is 2.39. The van der Waals surface area contributed by atoms with E-state index in [1.807, 2.05) is 0 Å². The summed E-state index contributed by atoms with van der Waals surface area (Å²) in [5.41, 5.74) is 0. The van der Waals surface area contributed by atoms with Crippen molar-refractivity contribution >= 4 is 21.1 Å². The van der Waals surface area contributed by atoms with Crippen LogP contribution in [0, 0.1) is 0 Å². The standard InChI is InChI=1S/C9H19N2O2P/c1-7(12)9(11-14)5-3-4-6-10-8(2)13/h9,11H,3-6,14H2,1-2H3,(H,10,13)/t9-/m0/s1. The second kappa shape index (κ2) is 7.89. The molecule has 0 rings (SSSR count). The molecule has 0 bridgehead atoms. The van der Waals surface area contributed by atoms with Crippen LogP contribution in [0.2, 0.25) is 0 Å². The van der Waals surface area contributed by atoms with Crippen molar-refractivity contribution in [3.63, 3.8) is 0 Å². The fourth-order valence-corrected chi connectivity index (χ4v) is 1.54. The average molecular weight is 218 g/mol. The lowest BCUT2D eigenvalue weighted by atomic mass is 10.1. The third-order valence-electron chi connectivity index (χ3n) is 1.99. The third kappa shape index (κ3) is 6.98. The van der Waals surface area contributed by atoms with E-state index in [0.29, 0.717) is 6.54 Å². The zero-order valence-corrected chi connectivity index (χ0v) is 9.95. The highest BCUT2D eigenvalue weighted by atomic mass is 31.0. The Hall–Kier alpha value is -0.470. The van der Waals surface area contributed by atoms with Gasteiger partial charge >= 0.3 is 0 Å². The van der Waals surface area contributed by atoms with Crippen molar-refractivity contribution in [3.05, 3.63) is 0 Å². The topological polar surface area (TPSA) is 58.2 Å². The van der Waals surface area contributed by atoms with Crippen LogP contribution in [0.4, 0.5) is 0 Å². The van der Waals surface area contributed by atoms with Gasteiger partial charge in [0.25, 0.3) is 0 Å². The first-order valence-corrected chi connectivity index (χ1v) is 5.36. The first-order valence-electron chi connectivity index (χ1n) is 4.79. The van der Waals surface area contributed by atoms with Crippen LogP contribution in [0.1, 0.15) is 33.1 Å². The number of Topliss-reactive ketones (excluding diaryl/α,β-unsaturated/α-hetero) is 1. The molecule has 0 aliphatic carbocycles. The Kier molecular flexibility index (Phi) is 7.63. The number of carbonyl (C=O) groups is 2. The fourth-order valence-electron chi connectivity index (χ4n) is 1.14. The van der Waals surface area contributed by atoms with E-state index in [1.54, 1.807) is 6.92 Å². The summed E-state index contributed by atoms with van der Waals surface area (Å²) in [5, 5.41) is 5.60. The predicted octanol–water partition coefficient (Wildman–Crippen LogP) is 0.630. The monoisotopic (exact) mass is 218 g/mol. The van der Waals surface area contributed by atoms with E-state index in [2.05, 4.69) is 19.8 Å².